The van der Waals surface area contributed by atoms with Crippen LogP contribution in [-0.2, 0) is 0 Å². The maximum Gasteiger partial charge on any atom is 0.342 e. The summed E-state index contributed by atoms with van der Waals surface area (Å²) in [4.78, 5) is 28.0. The van der Waals surface area contributed by atoms with Crippen LogP contribution in [0.5, 0.6) is 0 Å². The van der Waals surface area contributed by atoms with Crippen LogP contribution in [-0.4, -0.2) is 31.2 Å². The zero-order valence-corrected chi connectivity index (χ0v) is 7.91. The zero-order chi connectivity index (χ0) is 11.5. The first kappa shape index (κ1) is 9.97. The van der Waals surface area contributed by atoms with Crippen LogP contribution in [0.3, 0.4) is 0 Å². The molecule has 7 heteroatoms. The smallest absolute Gasteiger partial charge is 0.342 e. The van der Waals surface area contributed by atoms with Gasteiger partial charge in [-0.2, -0.15) is 5.10 Å². The van der Waals surface area contributed by atoms with Crippen molar-refractivity contribution < 1.29 is 9.90 Å². The predicted molar refractivity (Wildman–Crippen MR) is 52.8 cm³/mol. The SMILES string of the molecule is O=C(O)c1cnc(-c2cccnn2)[nH]c1=O. The van der Waals surface area contributed by atoms with Crippen molar-refractivity contribution in [2.45, 2.75) is 0 Å². The molecule has 2 N–H and O–H groups in total. The normalized spacial score (nSPS) is 10.0. The van der Waals surface area contributed by atoms with Crippen LogP contribution in [0, 0.1) is 0 Å². The number of H-pyrrole nitrogens is 1. The van der Waals surface area contributed by atoms with Crippen molar-refractivity contribution in [3.8, 4) is 11.5 Å². The summed E-state index contributed by atoms with van der Waals surface area (Å²) in [6.07, 6.45) is 2.47. The van der Waals surface area contributed by atoms with Crippen molar-refractivity contribution in [1.82, 2.24) is 20.2 Å². The number of carbonyl (C=O) groups is 1. The van der Waals surface area contributed by atoms with E-state index in [0.29, 0.717) is 5.69 Å². The van der Waals surface area contributed by atoms with Gasteiger partial charge in [0, 0.05) is 12.4 Å². The van der Waals surface area contributed by atoms with Crippen LogP contribution < -0.4 is 5.56 Å². The van der Waals surface area contributed by atoms with E-state index in [2.05, 4.69) is 20.2 Å². The number of nitrogens with zero attached hydrogens (tertiary/aromatic N) is 3. The monoisotopic (exact) mass is 218 g/mol. The Morgan fingerprint density at radius 3 is 2.81 bits per heavy atom. The van der Waals surface area contributed by atoms with Gasteiger partial charge in [0.05, 0.1) is 0 Å². The lowest BCUT2D eigenvalue weighted by Gasteiger charge is -1.98. The Balaban J connectivity index is 2.51. The molecule has 2 aromatic rings. The van der Waals surface area contributed by atoms with Crippen molar-refractivity contribution in [2.75, 3.05) is 0 Å². The zero-order valence-electron chi connectivity index (χ0n) is 7.91. The van der Waals surface area contributed by atoms with Crippen LogP contribution >= 0.6 is 0 Å². The summed E-state index contributed by atoms with van der Waals surface area (Å²) < 4.78 is 0. The molecule has 0 aliphatic carbocycles. The Hall–Kier alpha value is -2.57. The first-order valence-electron chi connectivity index (χ1n) is 4.29. The van der Waals surface area contributed by atoms with Gasteiger partial charge in [-0.1, -0.05) is 0 Å². The summed E-state index contributed by atoms with van der Waals surface area (Å²) in [6.45, 7) is 0. The minimum Gasteiger partial charge on any atom is -0.477 e. The van der Waals surface area contributed by atoms with Crippen molar-refractivity contribution in [2.24, 2.45) is 0 Å². The van der Waals surface area contributed by atoms with Gasteiger partial charge in [0.1, 0.15) is 11.3 Å². The Kier molecular flexibility index (Phi) is 2.42. The van der Waals surface area contributed by atoms with Crippen molar-refractivity contribution in [1.29, 1.82) is 0 Å². The molecule has 0 unspecified atom stereocenters. The number of carboxylic acid groups (broad SMARTS) is 1. The molecular formula is C9H6N4O3. The maximum atomic E-state index is 11.3. The van der Waals surface area contributed by atoms with E-state index < -0.39 is 17.1 Å². The molecule has 16 heavy (non-hydrogen) atoms. The molecule has 0 atom stereocenters. The lowest BCUT2D eigenvalue weighted by molar-refractivity contribution is 0.0694. The molecule has 2 heterocycles. The molecule has 0 aliphatic rings. The maximum absolute atomic E-state index is 11.3. The summed E-state index contributed by atoms with van der Waals surface area (Å²) in [6, 6.07) is 3.24. The second kappa shape index (κ2) is 3.89. The number of hydrogen-bond acceptors (Lipinski definition) is 5. The van der Waals surface area contributed by atoms with Crippen LogP contribution in [0.2, 0.25) is 0 Å². The highest BCUT2D eigenvalue weighted by Crippen LogP contribution is 2.06. The second-order valence-electron chi connectivity index (χ2n) is 2.89. The molecule has 0 amide bonds. The van der Waals surface area contributed by atoms with E-state index in [4.69, 9.17) is 5.11 Å². The Morgan fingerprint density at radius 1 is 1.44 bits per heavy atom. The van der Waals surface area contributed by atoms with Gasteiger partial charge in [-0.05, 0) is 12.1 Å². The lowest BCUT2D eigenvalue weighted by atomic mass is 10.3. The van der Waals surface area contributed by atoms with Crippen LogP contribution in [0.1, 0.15) is 10.4 Å². The second-order valence-corrected chi connectivity index (χ2v) is 2.89. The number of aromatic amines is 1. The topological polar surface area (TPSA) is 109 Å². The standard InChI is InChI=1S/C9H6N4O3/c14-8-5(9(15)16)4-10-7(12-8)6-2-1-3-11-13-6/h1-4H,(H,15,16)(H,10,12,14). The molecule has 0 fully saturated rings. The summed E-state index contributed by atoms with van der Waals surface area (Å²) >= 11 is 0. The van der Waals surface area contributed by atoms with Gasteiger partial charge >= 0.3 is 5.97 Å². The van der Waals surface area contributed by atoms with E-state index in [9.17, 15) is 9.59 Å². The molecule has 2 rings (SSSR count). The van der Waals surface area contributed by atoms with E-state index in [0.717, 1.165) is 6.20 Å². The number of rotatable bonds is 2. The Bertz CT molecular complexity index is 579. The van der Waals surface area contributed by atoms with Gasteiger partial charge in [0.2, 0.25) is 0 Å². The first-order chi connectivity index (χ1) is 7.68. The summed E-state index contributed by atoms with van der Waals surface area (Å²) in [5, 5.41) is 16.0. The molecule has 0 saturated carbocycles. The molecule has 0 aliphatic heterocycles. The minimum atomic E-state index is -1.32. The molecule has 80 valence electrons. The quantitative estimate of drug-likeness (QED) is 0.729. The first-order valence-corrected chi connectivity index (χ1v) is 4.29. The van der Waals surface area contributed by atoms with Crippen LogP contribution in [0.15, 0.2) is 29.3 Å². The molecule has 0 radical (unpaired) electrons. The number of nitrogens with one attached hydrogen (secondary N) is 1. The third-order valence-electron chi connectivity index (χ3n) is 1.84. The fraction of sp³-hybridized carbons (Fsp3) is 0. The van der Waals surface area contributed by atoms with E-state index in [1.54, 1.807) is 12.1 Å². The van der Waals surface area contributed by atoms with Crippen molar-refractivity contribution >= 4 is 5.97 Å². The lowest BCUT2D eigenvalue weighted by Crippen LogP contribution is -2.18. The molecular weight excluding hydrogens is 212 g/mol. The van der Waals surface area contributed by atoms with Crippen molar-refractivity contribution in [3.05, 3.63) is 40.4 Å². The van der Waals surface area contributed by atoms with Crippen molar-refractivity contribution in [3.63, 3.8) is 0 Å². The van der Waals surface area contributed by atoms with Gasteiger partial charge in [0.15, 0.2) is 5.82 Å². The van der Waals surface area contributed by atoms with E-state index in [1.165, 1.54) is 6.20 Å². The third-order valence-corrected chi connectivity index (χ3v) is 1.84. The summed E-state index contributed by atoms with van der Waals surface area (Å²) in [5.41, 5.74) is -0.757. The molecule has 0 bridgehead atoms. The molecule has 0 aromatic carbocycles. The highest BCUT2D eigenvalue weighted by atomic mass is 16.4. The largest absolute Gasteiger partial charge is 0.477 e. The number of aromatic carboxylic acids is 1. The molecule has 0 saturated heterocycles. The average Bonchev–Trinajstić information content (AvgIpc) is 2.29. The molecule has 0 spiro atoms. The molecule has 7 nitrogen and oxygen atoms in total. The Morgan fingerprint density at radius 2 is 2.25 bits per heavy atom. The van der Waals surface area contributed by atoms with Crippen LogP contribution in [0.25, 0.3) is 11.5 Å². The van der Waals surface area contributed by atoms with Gasteiger partial charge in [-0.25, -0.2) is 9.78 Å². The predicted octanol–water partition coefficient (Wildman–Crippen LogP) is -0.0749. The third kappa shape index (κ3) is 1.78. The van der Waals surface area contributed by atoms with E-state index >= 15 is 0 Å². The highest BCUT2D eigenvalue weighted by Gasteiger charge is 2.10. The Labute approximate surface area is 88.8 Å². The molecule has 2 aromatic heterocycles. The van der Waals surface area contributed by atoms with E-state index in [-0.39, 0.29) is 5.82 Å². The van der Waals surface area contributed by atoms with E-state index in [1.807, 2.05) is 0 Å². The fourth-order valence-corrected chi connectivity index (χ4v) is 1.11. The number of hydrogen-bond donors (Lipinski definition) is 2. The van der Waals surface area contributed by atoms with Gasteiger partial charge < -0.3 is 10.1 Å². The average molecular weight is 218 g/mol. The van der Waals surface area contributed by atoms with Gasteiger partial charge in [-0.3, -0.25) is 4.79 Å². The summed E-state index contributed by atoms with van der Waals surface area (Å²) in [7, 11) is 0. The number of aromatic nitrogens is 4. The minimum absolute atomic E-state index is 0.183. The highest BCUT2D eigenvalue weighted by molar-refractivity contribution is 5.86. The van der Waals surface area contributed by atoms with Crippen LogP contribution in [0.4, 0.5) is 0 Å². The van der Waals surface area contributed by atoms with Gasteiger partial charge in [-0.15, -0.1) is 5.10 Å². The summed E-state index contributed by atoms with van der Waals surface area (Å²) in [5.74, 6) is -1.14. The van der Waals surface area contributed by atoms with Gasteiger partial charge in [0.25, 0.3) is 5.56 Å². The number of carboxylic acids is 1. The fourth-order valence-electron chi connectivity index (χ4n) is 1.11.